The zero-order valence-corrected chi connectivity index (χ0v) is 15.0. The van der Waals surface area contributed by atoms with Gasteiger partial charge in [0, 0.05) is 29.2 Å². The largest absolute Gasteiger partial charge is 0.335 e. The molecular formula is C20H18ClFN2O. The minimum absolute atomic E-state index is 0.144. The van der Waals surface area contributed by atoms with Crippen LogP contribution < -0.4 is 0 Å². The van der Waals surface area contributed by atoms with Crippen molar-refractivity contribution in [2.75, 3.05) is 7.05 Å². The topological polar surface area (TPSA) is 33.2 Å². The quantitative estimate of drug-likeness (QED) is 0.648. The lowest BCUT2D eigenvalue weighted by Gasteiger charge is -2.26. The van der Waals surface area contributed by atoms with Crippen LogP contribution >= 0.6 is 11.6 Å². The van der Waals surface area contributed by atoms with E-state index in [4.69, 9.17) is 11.6 Å². The molecule has 1 unspecified atom stereocenters. The van der Waals surface area contributed by atoms with Gasteiger partial charge in [-0.3, -0.25) is 9.78 Å². The molecule has 0 spiro atoms. The molecule has 0 aliphatic rings. The number of benzene rings is 2. The second-order valence-corrected chi connectivity index (χ2v) is 6.56. The summed E-state index contributed by atoms with van der Waals surface area (Å²) in [6.07, 6.45) is 0. The number of carbonyl (C=O) groups is 1. The third-order valence-electron chi connectivity index (χ3n) is 4.36. The van der Waals surface area contributed by atoms with Gasteiger partial charge in [0.1, 0.15) is 5.82 Å². The molecule has 128 valence electrons. The van der Waals surface area contributed by atoms with Crippen molar-refractivity contribution in [1.82, 2.24) is 9.88 Å². The number of hydrogen-bond donors (Lipinski definition) is 0. The van der Waals surface area contributed by atoms with Crippen molar-refractivity contribution in [3.8, 4) is 0 Å². The summed E-state index contributed by atoms with van der Waals surface area (Å²) in [4.78, 5) is 19.0. The van der Waals surface area contributed by atoms with Crippen LogP contribution in [-0.4, -0.2) is 22.8 Å². The number of aryl methyl sites for hydroxylation is 1. The minimum Gasteiger partial charge on any atom is -0.335 e. The molecule has 0 N–H and O–H groups in total. The summed E-state index contributed by atoms with van der Waals surface area (Å²) in [5, 5.41) is 1.27. The molecule has 3 aromatic rings. The van der Waals surface area contributed by atoms with Crippen LogP contribution in [0.1, 0.15) is 34.6 Å². The Morgan fingerprint density at radius 3 is 2.68 bits per heavy atom. The maximum Gasteiger partial charge on any atom is 0.254 e. The van der Waals surface area contributed by atoms with Gasteiger partial charge >= 0.3 is 0 Å². The third-order valence-corrected chi connectivity index (χ3v) is 4.60. The van der Waals surface area contributed by atoms with E-state index in [1.807, 2.05) is 25.1 Å². The Bertz CT molecular complexity index is 952. The number of hydrogen-bond acceptors (Lipinski definition) is 2. The van der Waals surface area contributed by atoms with E-state index in [0.717, 1.165) is 5.56 Å². The smallest absolute Gasteiger partial charge is 0.254 e. The van der Waals surface area contributed by atoms with E-state index in [1.54, 1.807) is 37.1 Å². The molecule has 0 aliphatic heterocycles. The van der Waals surface area contributed by atoms with E-state index >= 15 is 0 Å². The molecule has 0 fully saturated rings. The standard InChI is InChI=1S/C20H18ClFN2O/c1-12-9-18(17-8-7-16(22)11-19(17)23-12)20(25)24(3)13(2)14-5-4-6-15(21)10-14/h4-11,13H,1-3H3. The Kier molecular flexibility index (Phi) is 4.73. The first-order valence-electron chi connectivity index (χ1n) is 7.96. The molecule has 0 radical (unpaired) electrons. The third kappa shape index (κ3) is 3.49. The molecule has 25 heavy (non-hydrogen) atoms. The van der Waals surface area contributed by atoms with Gasteiger partial charge < -0.3 is 4.90 Å². The molecule has 1 heterocycles. The van der Waals surface area contributed by atoms with Gasteiger partial charge in [-0.05, 0) is 49.7 Å². The summed E-state index contributed by atoms with van der Waals surface area (Å²) in [5.41, 5.74) is 2.61. The van der Waals surface area contributed by atoms with Gasteiger partial charge in [0.05, 0.1) is 17.1 Å². The maximum absolute atomic E-state index is 13.5. The van der Waals surface area contributed by atoms with Gasteiger partial charge in [-0.1, -0.05) is 23.7 Å². The normalized spacial score (nSPS) is 12.2. The summed E-state index contributed by atoms with van der Waals surface area (Å²) in [7, 11) is 1.75. The van der Waals surface area contributed by atoms with Crippen LogP contribution in [0.4, 0.5) is 4.39 Å². The van der Waals surface area contributed by atoms with Crippen LogP contribution in [0.15, 0.2) is 48.5 Å². The highest BCUT2D eigenvalue weighted by Gasteiger charge is 2.21. The van der Waals surface area contributed by atoms with Gasteiger partial charge in [-0.15, -0.1) is 0 Å². The first kappa shape index (κ1) is 17.4. The summed E-state index contributed by atoms with van der Waals surface area (Å²) in [5.74, 6) is -0.515. The van der Waals surface area contributed by atoms with Gasteiger partial charge in [0.25, 0.3) is 5.91 Å². The number of halogens is 2. The molecule has 0 aliphatic carbocycles. The SMILES string of the molecule is Cc1cc(C(=O)N(C)C(C)c2cccc(Cl)c2)c2ccc(F)cc2n1. The molecule has 1 atom stereocenters. The van der Waals surface area contributed by atoms with E-state index in [-0.39, 0.29) is 17.8 Å². The maximum atomic E-state index is 13.5. The van der Waals surface area contributed by atoms with Crippen molar-refractivity contribution in [3.63, 3.8) is 0 Å². The van der Waals surface area contributed by atoms with E-state index < -0.39 is 0 Å². The van der Waals surface area contributed by atoms with Crippen molar-refractivity contribution in [1.29, 1.82) is 0 Å². The highest BCUT2D eigenvalue weighted by Crippen LogP contribution is 2.26. The lowest BCUT2D eigenvalue weighted by atomic mass is 10.0. The molecular weight excluding hydrogens is 339 g/mol. The van der Waals surface area contributed by atoms with Crippen LogP contribution in [0.3, 0.4) is 0 Å². The summed E-state index contributed by atoms with van der Waals surface area (Å²) >= 11 is 6.06. The van der Waals surface area contributed by atoms with Crippen molar-refractivity contribution >= 4 is 28.4 Å². The fourth-order valence-corrected chi connectivity index (χ4v) is 3.07. The van der Waals surface area contributed by atoms with Crippen LogP contribution in [-0.2, 0) is 0 Å². The molecule has 0 saturated carbocycles. The zero-order chi connectivity index (χ0) is 18.1. The second kappa shape index (κ2) is 6.81. The fraction of sp³-hybridized carbons (Fsp3) is 0.200. The Labute approximate surface area is 151 Å². The van der Waals surface area contributed by atoms with Gasteiger partial charge in [0.2, 0.25) is 0 Å². The molecule has 1 amide bonds. The summed E-state index contributed by atoms with van der Waals surface area (Å²) in [6.45, 7) is 3.74. The number of nitrogens with zero attached hydrogens (tertiary/aromatic N) is 2. The van der Waals surface area contributed by atoms with E-state index in [0.29, 0.717) is 27.2 Å². The molecule has 2 aromatic carbocycles. The molecule has 5 heteroatoms. The van der Waals surface area contributed by atoms with Crippen molar-refractivity contribution in [2.45, 2.75) is 19.9 Å². The van der Waals surface area contributed by atoms with Crippen LogP contribution in [0, 0.1) is 12.7 Å². The molecule has 0 bridgehead atoms. The van der Waals surface area contributed by atoms with Crippen molar-refractivity contribution < 1.29 is 9.18 Å². The van der Waals surface area contributed by atoms with Crippen molar-refractivity contribution in [3.05, 3.63) is 76.2 Å². The number of carbonyl (C=O) groups excluding carboxylic acids is 1. The molecule has 1 aromatic heterocycles. The van der Waals surface area contributed by atoms with Crippen LogP contribution in [0.25, 0.3) is 10.9 Å². The van der Waals surface area contributed by atoms with Crippen LogP contribution in [0.5, 0.6) is 0 Å². The number of aromatic nitrogens is 1. The fourth-order valence-electron chi connectivity index (χ4n) is 2.87. The predicted octanol–water partition coefficient (Wildman–Crippen LogP) is 5.17. The Balaban J connectivity index is 2.01. The Hall–Kier alpha value is -2.46. The Morgan fingerprint density at radius 2 is 1.96 bits per heavy atom. The molecule has 0 saturated heterocycles. The number of amides is 1. The monoisotopic (exact) mass is 356 g/mol. The lowest BCUT2D eigenvalue weighted by Crippen LogP contribution is -2.30. The number of pyridine rings is 1. The van der Waals surface area contributed by atoms with Gasteiger partial charge in [0.15, 0.2) is 0 Å². The average Bonchev–Trinajstić information content (AvgIpc) is 2.58. The Morgan fingerprint density at radius 1 is 1.20 bits per heavy atom. The summed E-state index contributed by atoms with van der Waals surface area (Å²) < 4.78 is 13.5. The average molecular weight is 357 g/mol. The first-order chi connectivity index (χ1) is 11.9. The lowest BCUT2D eigenvalue weighted by molar-refractivity contribution is 0.0744. The summed E-state index contributed by atoms with van der Waals surface area (Å²) in [6, 6.07) is 13.3. The van der Waals surface area contributed by atoms with Crippen molar-refractivity contribution in [2.24, 2.45) is 0 Å². The molecule has 3 nitrogen and oxygen atoms in total. The van der Waals surface area contributed by atoms with E-state index in [2.05, 4.69) is 4.98 Å². The predicted molar refractivity (Wildman–Crippen MR) is 98.4 cm³/mol. The van der Waals surface area contributed by atoms with E-state index in [9.17, 15) is 9.18 Å². The zero-order valence-electron chi connectivity index (χ0n) is 14.3. The van der Waals surface area contributed by atoms with E-state index in [1.165, 1.54) is 12.1 Å². The molecule has 3 rings (SSSR count). The highest BCUT2D eigenvalue weighted by atomic mass is 35.5. The highest BCUT2D eigenvalue weighted by molar-refractivity contribution is 6.30. The number of fused-ring (bicyclic) bond motifs is 1. The second-order valence-electron chi connectivity index (χ2n) is 6.12. The van der Waals surface area contributed by atoms with Gasteiger partial charge in [-0.25, -0.2) is 4.39 Å². The number of rotatable bonds is 3. The first-order valence-corrected chi connectivity index (χ1v) is 8.34. The van der Waals surface area contributed by atoms with Crippen LogP contribution in [0.2, 0.25) is 5.02 Å². The minimum atomic E-state index is -0.371. The van der Waals surface area contributed by atoms with Gasteiger partial charge in [-0.2, -0.15) is 0 Å².